The topological polar surface area (TPSA) is 63.4 Å². The van der Waals surface area contributed by atoms with Gasteiger partial charge >= 0.3 is 0 Å². The smallest absolute Gasteiger partial charge is 0.236 e. The lowest BCUT2D eigenvalue weighted by Crippen LogP contribution is -2.30. The van der Waals surface area contributed by atoms with E-state index in [-0.39, 0.29) is 30.2 Å². The molecule has 0 bridgehead atoms. The number of aromatic nitrogens is 1. The van der Waals surface area contributed by atoms with E-state index >= 15 is 0 Å². The SMILES string of the molecule is Cc1oc(-c2cccs2)nc1CN1C(=O)[C@@H]2CC=CC[C@H]2C1=O. The Morgan fingerprint density at radius 1 is 1.26 bits per heavy atom. The largest absolute Gasteiger partial charge is 0.440 e. The number of hydrogen-bond donors (Lipinski definition) is 0. The Morgan fingerprint density at radius 3 is 2.57 bits per heavy atom. The van der Waals surface area contributed by atoms with E-state index in [1.165, 1.54) is 4.90 Å². The lowest BCUT2D eigenvalue weighted by atomic mass is 9.85. The average Bonchev–Trinajstić information content (AvgIpc) is 3.25. The highest BCUT2D eigenvalue weighted by Gasteiger charge is 2.47. The molecule has 2 aliphatic rings. The molecule has 23 heavy (non-hydrogen) atoms. The number of carbonyl (C=O) groups excluding carboxylic acids is 2. The van der Waals surface area contributed by atoms with Crippen molar-refractivity contribution in [2.75, 3.05) is 0 Å². The number of oxazole rings is 1. The number of imide groups is 1. The summed E-state index contributed by atoms with van der Waals surface area (Å²) in [7, 11) is 0. The summed E-state index contributed by atoms with van der Waals surface area (Å²) in [5, 5.41) is 1.96. The summed E-state index contributed by atoms with van der Waals surface area (Å²) < 4.78 is 5.70. The molecule has 1 aliphatic carbocycles. The number of allylic oxidation sites excluding steroid dienone is 2. The molecule has 1 aliphatic heterocycles. The van der Waals surface area contributed by atoms with Crippen LogP contribution in [0.5, 0.6) is 0 Å². The van der Waals surface area contributed by atoms with Gasteiger partial charge in [-0.15, -0.1) is 11.3 Å². The van der Waals surface area contributed by atoms with E-state index in [1.807, 2.05) is 36.6 Å². The predicted molar refractivity (Wildman–Crippen MR) is 85.5 cm³/mol. The van der Waals surface area contributed by atoms with Crippen LogP contribution in [-0.2, 0) is 16.1 Å². The van der Waals surface area contributed by atoms with Crippen LogP contribution in [0.15, 0.2) is 34.1 Å². The lowest BCUT2D eigenvalue weighted by molar-refractivity contribution is -0.140. The number of rotatable bonds is 3. The number of aryl methyl sites for hydroxylation is 1. The Morgan fingerprint density at radius 2 is 1.96 bits per heavy atom. The van der Waals surface area contributed by atoms with E-state index in [0.29, 0.717) is 30.2 Å². The maximum Gasteiger partial charge on any atom is 0.236 e. The van der Waals surface area contributed by atoms with Crippen LogP contribution in [0, 0.1) is 18.8 Å². The first-order chi connectivity index (χ1) is 11.1. The first kappa shape index (κ1) is 14.4. The molecule has 3 heterocycles. The molecule has 2 amide bonds. The molecule has 0 N–H and O–H groups in total. The summed E-state index contributed by atoms with van der Waals surface area (Å²) in [5.74, 6) is 0.648. The van der Waals surface area contributed by atoms with Gasteiger partial charge in [-0.3, -0.25) is 14.5 Å². The van der Waals surface area contributed by atoms with Crippen LogP contribution in [0.1, 0.15) is 24.3 Å². The molecule has 2 atom stereocenters. The fraction of sp³-hybridized carbons (Fsp3) is 0.353. The van der Waals surface area contributed by atoms with Gasteiger partial charge in [-0.1, -0.05) is 18.2 Å². The summed E-state index contributed by atoms with van der Waals surface area (Å²) in [5.41, 5.74) is 0.654. The van der Waals surface area contributed by atoms with E-state index in [9.17, 15) is 9.59 Å². The molecule has 6 heteroatoms. The summed E-state index contributed by atoms with van der Waals surface area (Å²) >= 11 is 1.55. The Kier molecular flexibility index (Phi) is 3.41. The van der Waals surface area contributed by atoms with Crippen molar-refractivity contribution in [3.63, 3.8) is 0 Å². The number of fused-ring (bicyclic) bond motifs is 1. The van der Waals surface area contributed by atoms with Crippen LogP contribution in [-0.4, -0.2) is 21.7 Å². The third-order valence-electron chi connectivity index (χ3n) is 4.53. The second kappa shape index (κ2) is 5.45. The third kappa shape index (κ3) is 2.34. The van der Waals surface area contributed by atoms with Crippen molar-refractivity contribution in [3.8, 4) is 10.8 Å². The first-order valence-electron chi connectivity index (χ1n) is 7.65. The van der Waals surface area contributed by atoms with Crippen molar-refractivity contribution < 1.29 is 14.0 Å². The van der Waals surface area contributed by atoms with E-state index < -0.39 is 0 Å². The van der Waals surface area contributed by atoms with E-state index in [0.717, 1.165) is 4.88 Å². The predicted octanol–water partition coefficient (Wildman–Crippen LogP) is 3.16. The molecular weight excluding hydrogens is 312 g/mol. The van der Waals surface area contributed by atoms with Crippen LogP contribution in [0.4, 0.5) is 0 Å². The molecule has 5 nitrogen and oxygen atoms in total. The Hall–Kier alpha value is -2.21. The highest BCUT2D eigenvalue weighted by molar-refractivity contribution is 7.13. The van der Waals surface area contributed by atoms with Crippen molar-refractivity contribution in [2.24, 2.45) is 11.8 Å². The lowest BCUT2D eigenvalue weighted by Gasteiger charge is -2.14. The standard InChI is InChI=1S/C17H16N2O3S/c1-10-13(18-15(22-10)14-7-4-8-23-14)9-19-16(20)11-5-2-3-6-12(11)17(19)21/h2-4,7-8,11-12H,5-6,9H2,1H3/t11-,12-/m1/s1. The molecule has 0 radical (unpaired) electrons. The van der Waals surface area contributed by atoms with E-state index in [1.54, 1.807) is 11.3 Å². The zero-order valence-corrected chi connectivity index (χ0v) is 13.5. The number of hydrogen-bond acceptors (Lipinski definition) is 5. The molecule has 0 saturated carbocycles. The zero-order chi connectivity index (χ0) is 16.0. The van der Waals surface area contributed by atoms with Crippen molar-refractivity contribution in [2.45, 2.75) is 26.3 Å². The molecule has 1 fully saturated rings. The number of amides is 2. The quantitative estimate of drug-likeness (QED) is 0.641. The Labute approximate surface area is 137 Å². The van der Waals surface area contributed by atoms with Gasteiger partial charge in [-0.25, -0.2) is 4.98 Å². The second-order valence-electron chi connectivity index (χ2n) is 5.92. The summed E-state index contributed by atoms with van der Waals surface area (Å²) in [6.07, 6.45) is 5.30. The average molecular weight is 328 g/mol. The zero-order valence-electron chi connectivity index (χ0n) is 12.7. The van der Waals surface area contributed by atoms with Crippen LogP contribution >= 0.6 is 11.3 Å². The van der Waals surface area contributed by atoms with Gasteiger partial charge in [-0.05, 0) is 31.2 Å². The highest BCUT2D eigenvalue weighted by atomic mass is 32.1. The monoisotopic (exact) mass is 328 g/mol. The number of carbonyl (C=O) groups is 2. The van der Waals surface area contributed by atoms with E-state index in [4.69, 9.17) is 4.42 Å². The minimum absolute atomic E-state index is 0.0792. The minimum atomic E-state index is -0.198. The fourth-order valence-corrected chi connectivity index (χ4v) is 3.90. The van der Waals surface area contributed by atoms with Gasteiger partial charge in [-0.2, -0.15) is 0 Å². The molecule has 0 aromatic carbocycles. The third-order valence-corrected chi connectivity index (χ3v) is 5.39. The summed E-state index contributed by atoms with van der Waals surface area (Å²) in [6, 6.07) is 3.87. The van der Waals surface area contributed by atoms with Crippen LogP contribution in [0.25, 0.3) is 10.8 Å². The van der Waals surface area contributed by atoms with Gasteiger partial charge in [0, 0.05) is 0 Å². The first-order valence-corrected chi connectivity index (χ1v) is 8.53. The molecule has 0 spiro atoms. The van der Waals surface area contributed by atoms with Gasteiger partial charge in [0.15, 0.2) is 0 Å². The van der Waals surface area contributed by atoms with Crippen LogP contribution < -0.4 is 0 Å². The van der Waals surface area contributed by atoms with Gasteiger partial charge in [0.05, 0.1) is 23.3 Å². The number of likely N-dealkylation sites (tertiary alicyclic amines) is 1. The Bertz CT molecular complexity index is 765. The molecule has 2 aromatic heterocycles. The maximum atomic E-state index is 12.5. The van der Waals surface area contributed by atoms with E-state index in [2.05, 4.69) is 4.98 Å². The molecule has 4 rings (SSSR count). The maximum absolute atomic E-state index is 12.5. The summed E-state index contributed by atoms with van der Waals surface area (Å²) in [6.45, 7) is 2.02. The second-order valence-corrected chi connectivity index (χ2v) is 6.87. The Balaban J connectivity index is 1.59. The minimum Gasteiger partial charge on any atom is -0.440 e. The summed E-state index contributed by atoms with van der Waals surface area (Å²) in [4.78, 5) is 31.8. The van der Waals surface area contributed by atoms with Crippen LogP contribution in [0.2, 0.25) is 0 Å². The van der Waals surface area contributed by atoms with Gasteiger partial charge < -0.3 is 4.42 Å². The van der Waals surface area contributed by atoms with Crippen LogP contribution in [0.3, 0.4) is 0 Å². The van der Waals surface area contributed by atoms with Gasteiger partial charge in [0.25, 0.3) is 0 Å². The molecule has 2 aromatic rings. The van der Waals surface area contributed by atoms with Crippen molar-refractivity contribution >= 4 is 23.2 Å². The molecule has 118 valence electrons. The fourth-order valence-electron chi connectivity index (χ4n) is 3.25. The van der Waals surface area contributed by atoms with Crippen molar-refractivity contribution in [3.05, 3.63) is 41.1 Å². The van der Waals surface area contributed by atoms with Gasteiger partial charge in [0.1, 0.15) is 11.5 Å². The number of thiophene rings is 1. The van der Waals surface area contributed by atoms with Gasteiger partial charge in [0.2, 0.25) is 17.7 Å². The molecular formula is C17H16N2O3S. The highest BCUT2D eigenvalue weighted by Crippen LogP contribution is 2.36. The van der Waals surface area contributed by atoms with Crippen molar-refractivity contribution in [1.29, 1.82) is 0 Å². The molecule has 1 saturated heterocycles. The van der Waals surface area contributed by atoms with Crippen molar-refractivity contribution in [1.82, 2.24) is 9.88 Å². The number of nitrogens with zero attached hydrogens (tertiary/aromatic N) is 2. The normalized spacial score (nSPS) is 23.6. The molecule has 0 unspecified atom stereocenters.